The molecule has 1 atom stereocenters. The van der Waals surface area contributed by atoms with Crippen molar-refractivity contribution in [2.24, 2.45) is 7.05 Å². The molecule has 1 amide bonds. The predicted octanol–water partition coefficient (Wildman–Crippen LogP) is -0.0234. The van der Waals surface area contributed by atoms with Gasteiger partial charge in [0, 0.05) is 39.2 Å². The van der Waals surface area contributed by atoms with Crippen LogP contribution in [0.5, 0.6) is 0 Å². The number of hydrogen-bond donors (Lipinski definition) is 1. The zero-order valence-corrected chi connectivity index (χ0v) is 16.3. The number of aliphatic carboxylic acids is 1. The van der Waals surface area contributed by atoms with Crippen molar-refractivity contribution in [3.8, 4) is 0 Å². The smallest absolute Gasteiger partial charge is 0.331 e. The van der Waals surface area contributed by atoms with Gasteiger partial charge in [0.15, 0.2) is 5.54 Å². The molecule has 3 rings (SSSR count). The molecule has 0 saturated carbocycles. The fourth-order valence-electron chi connectivity index (χ4n) is 2.93. The van der Waals surface area contributed by atoms with Crippen molar-refractivity contribution in [3.05, 3.63) is 23.8 Å². The fraction of sp³-hybridized carbons (Fsp3) is 0.647. The summed E-state index contributed by atoms with van der Waals surface area (Å²) in [5.41, 5.74) is 0.183. The lowest BCUT2D eigenvalue weighted by atomic mass is 10.1. The largest absolute Gasteiger partial charge is 0.479 e. The van der Waals surface area contributed by atoms with E-state index in [1.54, 1.807) is 36.7 Å². The maximum Gasteiger partial charge on any atom is 0.331 e. The topological polar surface area (TPSA) is 128 Å². The standard InChI is InChI=1S/C17H25N7O4/c1-17(2,16(26)27)24-9-13(19-21-24)11-28-14-6-7-23(10-14)15(25)5-4-12-8-22(3)20-18-12/h8-9,14H,4-7,10-11H2,1-3H3,(H,26,27)/t14-/m1/s1. The Labute approximate surface area is 162 Å². The van der Waals surface area contributed by atoms with Crippen LogP contribution in [0.3, 0.4) is 0 Å². The summed E-state index contributed by atoms with van der Waals surface area (Å²) >= 11 is 0. The van der Waals surface area contributed by atoms with Crippen LogP contribution < -0.4 is 0 Å². The average molecular weight is 391 g/mol. The second-order valence-electron chi connectivity index (χ2n) is 7.46. The van der Waals surface area contributed by atoms with Gasteiger partial charge in [-0.1, -0.05) is 10.4 Å². The van der Waals surface area contributed by atoms with Crippen molar-refractivity contribution in [3.63, 3.8) is 0 Å². The molecule has 3 heterocycles. The zero-order valence-electron chi connectivity index (χ0n) is 16.3. The van der Waals surface area contributed by atoms with E-state index in [0.717, 1.165) is 12.1 Å². The SMILES string of the molecule is Cn1cc(CCC(=O)N2CC[C@@H](OCc3cn(C(C)(C)C(=O)O)nn3)C2)nn1. The van der Waals surface area contributed by atoms with Crippen molar-refractivity contribution >= 4 is 11.9 Å². The first kappa shape index (κ1) is 19.9. The molecule has 2 aromatic heterocycles. The van der Waals surface area contributed by atoms with Crippen molar-refractivity contribution < 1.29 is 19.4 Å². The zero-order chi connectivity index (χ0) is 20.3. The molecule has 1 N–H and O–H groups in total. The predicted molar refractivity (Wildman–Crippen MR) is 96.1 cm³/mol. The Bertz CT molecular complexity index is 844. The highest BCUT2D eigenvalue weighted by Gasteiger charge is 2.31. The lowest BCUT2D eigenvalue weighted by Crippen LogP contribution is -2.36. The number of aryl methyl sites for hydroxylation is 2. The van der Waals surface area contributed by atoms with Gasteiger partial charge in [0.25, 0.3) is 0 Å². The third-order valence-electron chi connectivity index (χ3n) is 4.85. The molecular weight excluding hydrogens is 366 g/mol. The highest BCUT2D eigenvalue weighted by atomic mass is 16.5. The second kappa shape index (κ2) is 8.05. The molecule has 0 aliphatic carbocycles. The van der Waals surface area contributed by atoms with Crippen LogP contribution >= 0.6 is 0 Å². The van der Waals surface area contributed by atoms with E-state index in [4.69, 9.17) is 4.74 Å². The quantitative estimate of drug-likeness (QED) is 0.665. The number of rotatable bonds is 8. The highest BCUT2D eigenvalue weighted by Crippen LogP contribution is 2.17. The number of likely N-dealkylation sites (tertiary alicyclic amines) is 1. The second-order valence-corrected chi connectivity index (χ2v) is 7.46. The summed E-state index contributed by atoms with van der Waals surface area (Å²) < 4.78 is 8.77. The number of aromatic nitrogens is 6. The Balaban J connectivity index is 1.44. The van der Waals surface area contributed by atoms with Gasteiger partial charge < -0.3 is 14.7 Å². The van der Waals surface area contributed by atoms with E-state index in [9.17, 15) is 14.7 Å². The number of nitrogens with zero attached hydrogens (tertiary/aromatic N) is 7. The molecule has 1 aliphatic rings. The molecule has 152 valence electrons. The Kier molecular flexibility index (Phi) is 5.73. The van der Waals surface area contributed by atoms with E-state index in [1.165, 1.54) is 4.68 Å². The third kappa shape index (κ3) is 4.53. The van der Waals surface area contributed by atoms with Crippen LogP contribution in [0.15, 0.2) is 12.4 Å². The first-order chi connectivity index (χ1) is 13.3. The summed E-state index contributed by atoms with van der Waals surface area (Å²) in [6.07, 6.45) is 5.03. The Morgan fingerprint density at radius 2 is 2.00 bits per heavy atom. The van der Waals surface area contributed by atoms with Crippen molar-refractivity contribution in [2.45, 2.75) is 51.4 Å². The van der Waals surface area contributed by atoms with Crippen LogP contribution in [0.2, 0.25) is 0 Å². The summed E-state index contributed by atoms with van der Waals surface area (Å²) in [6.45, 7) is 4.52. The van der Waals surface area contributed by atoms with Crippen LogP contribution in [-0.4, -0.2) is 71.1 Å². The number of ether oxygens (including phenoxy) is 1. The van der Waals surface area contributed by atoms with Crippen LogP contribution in [0, 0.1) is 0 Å². The minimum Gasteiger partial charge on any atom is -0.479 e. The van der Waals surface area contributed by atoms with E-state index in [2.05, 4.69) is 20.6 Å². The molecule has 1 fully saturated rings. The molecule has 2 aromatic rings. The van der Waals surface area contributed by atoms with Gasteiger partial charge >= 0.3 is 5.97 Å². The minimum absolute atomic E-state index is 0.0712. The molecule has 0 radical (unpaired) electrons. The highest BCUT2D eigenvalue weighted by molar-refractivity contribution is 5.76. The molecule has 1 saturated heterocycles. The number of carbonyl (C=O) groups excluding carboxylic acids is 1. The summed E-state index contributed by atoms with van der Waals surface area (Å²) in [4.78, 5) is 25.4. The summed E-state index contributed by atoms with van der Waals surface area (Å²) in [6, 6.07) is 0. The van der Waals surface area contributed by atoms with Crippen LogP contribution in [0.25, 0.3) is 0 Å². The molecule has 0 bridgehead atoms. The fourth-order valence-corrected chi connectivity index (χ4v) is 2.93. The molecule has 0 spiro atoms. The number of carboxylic acid groups (broad SMARTS) is 1. The normalized spacial score (nSPS) is 17.2. The van der Waals surface area contributed by atoms with Crippen LogP contribution in [0.1, 0.15) is 38.1 Å². The maximum absolute atomic E-state index is 12.4. The van der Waals surface area contributed by atoms with Crippen molar-refractivity contribution in [1.29, 1.82) is 0 Å². The van der Waals surface area contributed by atoms with Crippen LogP contribution in [-0.2, 0) is 39.9 Å². The molecule has 0 aromatic carbocycles. The van der Waals surface area contributed by atoms with E-state index in [-0.39, 0.29) is 18.6 Å². The van der Waals surface area contributed by atoms with Gasteiger partial charge in [0.05, 0.1) is 24.6 Å². The minimum atomic E-state index is -1.18. The molecule has 11 heteroatoms. The molecule has 11 nitrogen and oxygen atoms in total. The Morgan fingerprint density at radius 3 is 2.68 bits per heavy atom. The van der Waals surface area contributed by atoms with Gasteiger partial charge in [-0.3, -0.25) is 9.48 Å². The first-order valence-electron chi connectivity index (χ1n) is 9.15. The first-order valence-corrected chi connectivity index (χ1v) is 9.15. The van der Waals surface area contributed by atoms with Gasteiger partial charge in [-0.15, -0.1) is 10.2 Å². The molecular formula is C17H25N7O4. The lowest BCUT2D eigenvalue weighted by molar-refractivity contribution is -0.146. The maximum atomic E-state index is 12.4. The monoisotopic (exact) mass is 391 g/mol. The molecule has 0 unspecified atom stereocenters. The summed E-state index contributed by atoms with van der Waals surface area (Å²) in [7, 11) is 1.79. The Morgan fingerprint density at radius 1 is 1.25 bits per heavy atom. The van der Waals surface area contributed by atoms with Gasteiger partial charge in [-0.2, -0.15) is 0 Å². The van der Waals surface area contributed by atoms with E-state index >= 15 is 0 Å². The molecule has 28 heavy (non-hydrogen) atoms. The number of hydrogen-bond acceptors (Lipinski definition) is 7. The van der Waals surface area contributed by atoms with Crippen molar-refractivity contribution in [1.82, 2.24) is 34.9 Å². The van der Waals surface area contributed by atoms with Crippen LogP contribution in [0.4, 0.5) is 0 Å². The lowest BCUT2D eigenvalue weighted by Gasteiger charge is -2.18. The van der Waals surface area contributed by atoms with E-state index in [0.29, 0.717) is 31.6 Å². The van der Waals surface area contributed by atoms with E-state index < -0.39 is 11.5 Å². The summed E-state index contributed by atoms with van der Waals surface area (Å²) in [5, 5.41) is 24.9. The Hall–Kier alpha value is -2.82. The van der Waals surface area contributed by atoms with Gasteiger partial charge in [0.2, 0.25) is 5.91 Å². The summed E-state index contributed by atoms with van der Waals surface area (Å²) in [5.74, 6) is -0.915. The van der Waals surface area contributed by atoms with Gasteiger partial charge in [-0.05, 0) is 20.3 Å². The van der Waals surface area contributed by atoms with Crippen molar-refractivity contribution in [2.75, 3.05) is 13.1 Å². The van der Waals surface area contributed by atoms with Gasteiger partial charge in [0.1, 0.15) is 5.69 Å². The molecule has 1 aliphatic heterocycles. The number of carboxylic acids is 1. The van der Waals surface area contributed by atoms with Gasteiger partial charge in [-0.25, -0.2) is 9.48 Å². The van der Waals surface area contributed by atoms with E-state index in [1.807, 2.05) is 6.20 Å². The number of amides is 1. The number of carbonyl (C=O) groups is 2. The average Bonchev–Trinajstić information content (AvgIpc) is 3.38. The third-order valence-corrected chi connectivity index (χ3v) is 4.85.